The lowest BCUT2D eigenvalue weighted by molar-refractivity contribution is -0.115. The minimum absolute atomic E-state index is 0.296. The van der Waals surface area contributed by atoms with Gasteiger partial charge < -0.3 is 4.42 Å². The summed E-state index contributed by atoms with van der Waals surface area (Å²) in [6.07, 6.45) is 1.51. The van der Waals surface area contributed by atoms with Gasteiger partial charge in [-0.25, -0.2) is 0 Å². The number of rotatable bonds is 2. The van der Waals surface area contributed by atoms with E-state index in [1.54, 1.807) is 30.3 Å². The fraction of sp³-hybridized carbons (Fsp3) is 0. The summed E-state index contributed by atoms with van der Waals surface area (Å²) in [4.78, 5) is 22.8. The molecule has 3 rings (SSSR count). The van der Waals surface area contributed by atoms with Crippen LogP contribution in [0.5, 0.6) is 0 Å². The summed E-state index contributed by atoms with van der Waals surface area (Å²) in [7, 11) is 0. The highest BCUT2D eigenvalue weighted by Crippen LogP contribution is 2.31. The molecule has 1 aromatic heterocycles. The summed E-state index contributed by atoms with van der Waals surface area (Å²) in [5, 5.41) is 2.80. The smallest absolute Gasteiger partial charge is 0.290 e. The van der Waals surface area contributed by atoms with E-state index in [9.17, 15) is 9.59 Å². The molecule has 2 amide bonds. The van der Waals surface area contributed by atoms with Crippen molar-refractivity contribution in [2.75, 3.05) is 0 Å². The van der Waals surface area contributed by atoms with Crippen molar-refractivity contribution in [2.45, 2.75) is 0 Å². The third kappa shape index (κ3) is 3.15. The van der Waals surface area contributed by atoms with E-state index in [0.717, 1.165) is 17.3 Å². The maximum absolute atomic E-state index is 11.5. The molecular weight excluding hydrogens is 333 g/mol. The van der Waals surface area contributed by atoms with Gasteiger partial charge in [0.1, 0.15) is 11.5 Å². The van der Waals surface area contributed by atoms with Crippen LogP contribution in [-0.4, -0.2) is 11.1 Å². The molecule has 0 atom stereocenters. The van der Waals surface area contributed by atoms with Gasteiger partial charge in [-0.3, -0.25) is 14.9 Å². The molecule has 1 aliphatic heterocycles. The van der Waals surface area contributed by atoms with Gasteiger partial charge in [-0.1, -0.05) is 23.2 Å². The Labute approximate surface area is 134 Å². The Kier molecular flexibility index (Phi) is 3.80. The Balaban J connectivity index is 1.92. The second-order valence-electron chi connectivity index (χ2n) is 4.21. The molecule has 2 aromatic rings. The normalized spacial score (nSPS) is 16.6. The fourth-order valence-corrected chi connectivity index (χ4v) is 3.02. The lowest BCUT2D eigenvalue weighted by Gasteiger charge is -1.99. The number of hydrogen-bond acceptors (Lipinski definition) is 4. The van der Waals surface area contributed by atoms with Crippen LogP contribution in [0.15, 0.2) is 39.7 Å². The minimum Gasteiger partial charge on any atom is -0.457 e. The van der Waals surface area contributed by atoms with Crippen LogP contribution in [0.4, 0.5) is 4.79 Å². The van der Waals surface area contributed by atoms with Gasteiger partial charge in [-0.2, -0.15) is 0 Å². The van der Waals surface area contributed by atoms with Crippen molar-refractivity contribution in [3.63, 3.8) is 0 Å². The number of nitrogens with one attached hydrogen (secondary N) is 1. The van der Waals surface area contributed by atoms with Gasteiger partial charge in [-0.15, -0.1) is 0 Å². The summed E-state index contributed by atoms with van der Waals surface area (Å²) in [5.74, 6) is 0.614. The van der Waals surface area contributed by atoms with Crippen molar-refractivity contribution in [3.8, 4) is 11.3 Å². The van der Waals surface area contributed by atoms with Crippen molar-refractivity contribution in [3.05, 3.63) is 51.0 Å². The van der Waals surface area contributed by atoms with Crippen molar-refractivity contribution in [2.24, 2.45) is 0 Å². The maximum atomic E-state index is 11.5. The van der Waals surface area contributed by atoms with E-state index in [1.807, 2.05) is 0 Å². The van der Waals surface area contributed by atoms with E-state index in [0.29, 0.717) is 26.5 Å². The highest BCUT2D eigenvalue weighted by atomic mass is 35.5. The molecule has 106 valence electrons. The second kappa shape index (κ2) is 5.60. The topological polar surface area (TPSA) is 59.3 Å². The SMILES string of the molecule is O=C1NC(=O)/C(=C/c2ccc(-c3cc(Cl)cc(Cl)c3)o2)S1. The van der Waals surface area contributed by atoms with Gasteiger partial charge in [0.2, 0.25) is 0 Å². The zero-order chi connectivity index (χ0) is 15.0. The van der Waals surface area contributed by atoms with Gasteiger partial charge in [0, 0.05) is 21.7 Å². The number of thioether (sulfide) groups is 1. The van der Waals surface area contributed by atoms with Gasteiger partial charge in [0.25, 0.3) is 11.1 Å². The standard InChI is InChI=1S/C14H7Cl2NO3S/c15-8-3-7(4-9(16)5-8)11-2-1-10(20-11)6-12-13(18)17-14(19)21-12/h1-6H,(H,17,18,19)/b12-6-. The van der Waals surface area contributed by atoms with Crippen molar-refractivity contribution < 1.29 is 14.0 Å². The van der Waals surface area contributed by atoms with E-state index in [4.69, 9.17) is 27.6 Å². The van der Waals surface area contributed by atoms with Gasteiger partial charge in [0.05, 0.1) is 4.91 Å². The van der Waals surface area contributed by atoms with Gasteiger partial charge in [-0.05, 0) is 42.1 Å². The summed E-state index contributed by atoms with van der Waals surface area (Å²) < 4.78 is 5.63. The molecular formula is C14H7Cl2NO3S. The van der Waals surface area contributed by atoms with Crippen molar-refractivity contribution in [1.29, 1.82) is 0 Å². The first-order chi connectivity index (χ1) is 10.0. The molecule has 2 heterocycles. The predicted molar refractivity (Wildman–Crippen MR) is 83.3 cm³/mol. The van der Waals surface area contributed by atoms with Crippen LogP contribution in [0.2, 0.25) is 10.0 Å². The van der Waals surface area contributed by atoms with Gasteiger partial charge >= 0.3 is 0 Å². The largest absolute Gasteiger partial charge is 0.457 e. The zero-order valence-electron chi connectivity index (χ0n) is 10.4. The van der Waals surface area contributed by atoms with E-state index in [2.05, 4.69) is 5.32 Å². The van der Waals surface area contributed by atoms with Gasteiger partial charge in [0.15, 0.2) is 0 Å². The fourth-order valence-electron chi connectivity index (χ4n) is 1.83. The number of hydrogen-bond donors (Lipinski definition) is 1. The van der Waals surface area contributed by atoms with Crippen LogP contribution < -0.4 is 5.32 Å². The van der Waals surface area contributed by atoms with E-state index in [1.165, 1.54) is 6.08 Å². The first-order valence-corrected chi connectivity index (χ1v) is 7.40. The average molecular weight is 340 g/mol. The monoisotopic (exact) mass is 339 g/mol. The molecule has 0 unspecified atom stereocenters. The summed E-state index contributed by atoms with van der Waals surface area (Å²) in [6, 6.07) is 8.53. The average Bonchev–Trinajstić information content (AvgIpc) is 2.96. The first kappa shape index (κ1) is 14.3. The quantitative estimate of drug-likeness (QED) is 0.813. The minimum atomic E-state index is -0.422. The number of amides is 2. The summed E-state index contributed by atoms with van der Waals surface area (Å²) >= 11 is 12.7. The van der Waals surface area contributed by atoms with Crippen LogP contribution in [0, 0.1) is 0 Å². The number of imide groups is 1. The van der Waals surface area contributed by atoms with Crippen LogP contribution in [-0.2, 0) is 4.79 Å². The molecule has 1 N–H and O–H groups in total. The predicted octanol–water partition coefficient (Wildman–Crippen LogP) is 4.58. The number of carbonyl (C=O) groups excluding carboxylic acids is 2. The molecule has 21 heavy (non-hydrogen) atoms. The molecule has 0 saturated carbocycles. The molecule has 4 nitrogen and oxygen atoms in total. The molecule has 7 heteroatoms. The molecule has 0 radical (unpaired) electrons. The molecule has 1 fully saturated rings. The van der Waals surface area contributed by atoms with E-state index in [-0.39, 0.29) is 5.24 Å². The lowest BCUT2D eigenvalue weighted by atomic mass is 10.2. The van der Waals surface area contributed by atoms with E-state index < -0.39 is 5.91 Å². The first-order valence-electron chi connectivity index (χ1n) is 5.82. The Bertz CT molecular complexity index is 762. The highest BCUT2D eigenvalue weighted by Gasteiger charge is 2.25. The van der Waals surface area contributed by atoms with Crippen LogP contribution in [0.1, 0.15) is 5.76 Å². The van der Waals surface area contributed by atoms with Crippen LogP contribution >= 0.6 is 35.0 Å². The molecule has 0 spiro atoms. The zero-order valence-corrected chi connectivity index (χ0v) is 12.7. The summed E-state index contributed by atoms with van der Waals surface area (Å²) in [5.41, 5.74) is 0.733. The van der Waals surface area contributed by atoms with E-state index >= 15 is 0 Å². The van der Waals surface area contributed by atoms with Crippen LogP contribution in [0.25, 0.3) is 17.4 Å². The molecule has 0 aliphatic carbocycles. The molecule has 1 saturated heterocycles. The Morgan fingerprint density at radius 1 is 1.10 bits per heavy atom. The molecule has 1 aliphatic rings. The maximum Gasteiger partial charge on any atom is 0.290 e. The van der Waals surface area contributed by atoms with Crippen LogP contribution in [0.3, 0.4) is 0 Å². The number of furan rings is 1. The lowest BCUT2D eigenvalue weighted by Crippen LogP contribution is -2.17. The summed E-state index contributed by atoms with van der Waals surface area (Å²) in [6.45, 7) is 0. The number of benzene rings is 1. The molecule has 1 aromatic carbocycles. The Hall–Kier alpha value is -1.69. The Morgan fingerprint density at radius 3 is 2.43 bits per heavy atom. The van der Waals surface area contributed by atoms with Crippen molar-refractivity contribution in [1.82, 2.24) is 5.32 Å². The second-order valence-corrected chi connectivity index (χ2v) is 6.10. The third-order valence-corrected chi connectivity index (χ3v) is 3.94. The number of carbonyl (C=O) groups is 2. The highest BCUT2D eigenvalue weighted by molar-refractivity contribution is 8.18. The third-order valence-electron chi connectivity index (χ3n) is 2.69. The van der Waals surface area contributed by atoms with Crippen molar-refractivity contribution >= 4 is 52.2 Å². The number of halogens is 2. The molecule has 0 bridgehead atoms. The Morgan fingerprint density at radius 2 is 1.81 bits per heavy atom.